The van der Waals surface area contributed by atoms with E-state index in [2.05, 4.69) is 10.3 Å². The van der Waals surface area contributed by atoms with Crippen LogP contribution in [0.15, 0.2) is 35.2 Å². The largest absolute Gasteiger partial charge is 0.438 e. The Morgan fingerprint density at radius 2 is 2.22 bits per heavy atom. The minimum atomic E-state index is -0.294. The second kappa shape index (κ2) is 5.89. The second-order valence-electron chi connectivity index (χ2n) is 3.61. The monoisotopic (exact) mass is 284 g/mol. The third-order valence-electron chi connectivity index (χ3n) is 2.35. The van der Waals surface area contributed by atoms with E-state index in [-0.39, 0.29) is 11.7 Å². The normalized spacial score (nSPS) is 10.3. The number of carbonyl (C=O) groups is 1. The Morgan fingerprint density at radius 1 is 1.39 bits per heavy atom. The predicted octanol–water partition coefficient (Wildman–Crippen LogP) is 2.95. The summed E-state index contributed by atoms with van der Waals surface area (Å²) >= 11 is 11.8. The first kappa shape index (κ1) is 12.9. The van der Waals surface area contributed by atoms with E-state index in [0.717, 1.165) is 5.56 Å². The molecule has 2 rings (SSSR count). The van der Waals surface area contributed by atoms with Crippen molar-refractivity contribution >= 4 is 29.1 Å². The number of hydrogen-bond acceptors (Lipinski definition) is 3. The summed E-state index contributed by atoms with van der Waals surface area (Å²) in [6, 6.07) is 5.28. The highest BCUT2D eigenvalue weighted by atomic mass is 35.5. The Bertz CT molecular complexity index is 541. The van der Waals surface area contributed by atoms with Gasteiger partial charge >= 0.3 is 0 Å². The summed E-state index contributed by atoms with van der Waals surface area (Å²) in [5.41, 5.74) is 0.930. The van der Waals surface area contributed by atoms with Crippen molar-refractivity contribution in [2.24, 2.45) is 0 Å². The summed E-state index contributed by atoms with van der Waals surface area (Å²) in [5.74, 6) is -0.102. The maximum atomic E-state index is 11.5. The number of amides is 1. The molecule has 0 spiro atoms. The van der Waals surface area contributed by atoms with E-state index >= 15 is 0 Å². The molecule has 1 N–H and O–H groups in total. The number of benzene rings is 1. The molecule has 0 unspecified atom stereocenters. The van der Waals surface area contributed by atoms with E-state index in [9.17, 15) is 4.79 Å². The molecule has 0 aliphatic heterocycles. The van der Waals surface area contributed by atoms with Crippen molar-refractivity contribution < 1.29 is 9.21 Å². The van der Waals surface area contributed by atoms with Gasteiger partial charge in [0, 0.05) is 16.6 Å². The lowest BCUT2D eigenvalue weighted by Crippen LogP contribution is -2.25. The average Bonchev–Trinajstić information content (AvgIpc) is 2.85. The molecule has 0 radical (unpaired) electrons. The Labute approximate surface area is 114 Å². The molecule has 1 aromatic heterocycles. The first-order valence-corrected chi connectivity index (χ1v) is 6.03. The van der Waals surface area contributed by atoms with Crippen LogP contribution in [-0.4, -0.2) is 17.4 Å². The van der Waals surface area contributed by atoms with Gasteiger partial charge < -0.3 is 9.73 Å². The molecular weight excluding hydrogens is 275 g/mol. The molecule has 0 saturated heterocycles. The third-order valence-corrected chi connectivity index (χ3v) is 2.94. The van der Waals surface area contributed by atoms with E-state index in [4.69, 9.17) is 27.6 Å². The summed E-state index contributed by atoms with van der Waals surface area (Å²) in [6.07, 6.45) is 3.20. The smallest absolute Gasteiger partial charge is 0.288 e. The number of oxazole rings is 1. The van der Waals surface area contributed by atoms with Gasteiger partial charge in [0.25, 0.3) is 5.91 Å². The molecular formula is C12H10Cl2N2O2. The number of carbonyl (C=O) groups excluding carboxylic acids is 1. The van der Waals surface area contributed by atoms with Crippen LogP contribution in [0, 0.1) is 0 Å². The molecule has 0 aliphatic carbocycles. The Hall–Kier alpha value is -1.52. The van der Waals surface area contributed by atoms with Gasteiger partial charge in [0.15, 0.2) is 6.39 Å². The van der Waals surface area contributed by atoms with Crippen LogP contribution < -0.4 is 5.32 Å². The number of rotatable bonds is 4. The molecule has 6 heteroatoms. The van der Waals surface area contributed by atoms with Crippen LogP contribution in [0.2, 0.25) is 10.0 Å². The summed E-state index contributed by atoms with van der Waals surface area (Å²) in [6.45, 7) is 0.459. The average molecular weight is 285 g/mol. The quantitative estimate of drug-likeness (QED) is 0.939. The highest BCUT2D eigenvalue weighted by Crippen LogP contribution is 2.21. The fourth-order valence-electron chi connectivity index (χ4n) is 1.45. The molecule has 2 aromatic rings. The van der Waals surface area contributed by atoms with Crippen LogP contribution >= 0.6 is 23.2 Å². The highest BCUT2D eigenvalue weighted by molar-refractivity contribution is 6.35. The van der Waals surface area contributed by atoms with Crippen LogP contribution in [0.4, 0.5) is 0 Å². The van der Waals surface area contributed by atoms with Crippen LogP contribution in [0.1, 0.15) is 16.1 Å². The van der Waals surface area contributed by atoms with Gasteiger partial charge in [-0.2, -0.15) is 0 Å². The zero-order valence-electron chi connectivity index (χ0n) is 9.32. The molecule has 0 bridgehead atoms. The van der Waals surface area contributed by atoms with E-state index in [1.54, 1.807) is 12.1 Å². The number of halogens is 2. The van der Waals surface area contributed by atoms with Gasteiger partial charge in [-0.25, -0.2) is 4.98 Å². The first-order valence-electron chi connectivity index (χ1n) is 5.27. The molecule has 0 fully saturated rings. The first-order chi connectivity index (χ1) is 8.66. The molecule has 0 aliphatic rings. The fourth-order valence-corrected chi connectivity index (χ4v) is 1.95. The zero-order chi connectivity index (χ0) is 13.0. The Morgan fingerprint density at radius 3 is 2.89 bits per heavy atom. The van der Waals surface area contributed by atoms with Crippen molar-refractivity contribution in [3.8, 4) is 0 Å². The zero-order valence-corrected chi connectivity index (χ0v) is 10.8. The molecule has 94 valence electrons. The maximum absolute atomic E-state index is 11.5. The van der Waals surface area contributed by atoms with E-state index < -0.39 is 0 Å². The standard InChI is InChI=1S/C12H10Cl2N2O2/c13-9-2-1-8(10(14)5-9)3-4-16-12(17)11-6-15-7-18-11/h1-2,5-7H,3-4H2,(H,16,17). The van der Waals surface area contributed by atoms with Gasteiger partial charge in [-0.1, -0.05) is 29.3 Å². The third kappa shape index (κ3) is 3.24. The Balaban J connectivity index is 1.87. The lowest BCUT2D eigenvalue weighted by atomic mass is 10.1. The fraction of sp³-hybridized carbons (Fsp3) is 0.167. The molecule has 0 saturated carbocycles. The van der Waals surface area contributed by atoms with Crippen molar-refractivity contribution in [1.29, 1.82) is 0 Å². The van der Waals surface area contributed by atoms with Crippen molar-refractivity contribution in [3.63, 3.8) is 0 Å². The number of nitrogens with zero attached hydrogens (tertiary/aromatic N) is 1. The SMILES string of the molecule is O=C(NCCc1ccc(Cl)cc1Cl)c1cnco1. The minimum Gasteiger partial charge on any atom is -0.438 e. The van der Waals surface area contributed by atoms with E-state index in [1.807, 2.05) is 6.07 Å². The lowest BCUT2D eigenvalue weighted by Gasteiger charge is -2.05. The summed E-state index contributed by atoms with van der Waals surface area (Å²) in [4.78, 5) is 15.2. The molecule has 0 atom stereocenters. The van der Waals surface area contributed by atoms with E-state index in [1.165, 1.54) is 12.6 Å². The molecule has 18 heavy (non-hydrogen) atoms. The molecule has 1 aromatic carbocycles. The maximum Gasteiger partial charge on any atom is 0.288 e. The van der Waals surface area contributed by atoms with Crippen molar-refractivity contribution in [3.05, 3.63) is 52.2 Å². The van der Waals surface area contributed by atoms with Crippen molar-refractivity contribution in [2.75, 3.05) is 6.54 Å². The molecule has 1 heterocycles. The summed E-state index contributed by atoms with van der Waals surface area (Å²) in [7, 11) is 0. The van der Waals surface area contributed by atoms with Crippen LogP contribution in [0.5, 0.6) is 0 Å². The van der Waals surface area contributed by atoms with Gasteiger partial charge in [0.1, 0.15) is 0 Å². The van der Waals surface area contributed by atoms with Crippen LogP contribution in [0.3, 0.4) is 0 Å². The summed E-state index contributed by atoms with van der Waals surface area (Å²) < 4.78 is 4.87. The van der Waals surface area contributed by atoms with Gasteiger partial charge in [-0.05, 0) is 24.1 Å². The van der Waals surface area contributed by atoms with Crippen LogP contribution in [-0.2, 0) is 6.42 Å². The van der Waals surface area contributed by atoms with E-state index in [0.29, 0.717) is 23.0 Å². The second-order valence-corrected chi connectivity index (χ2v) is 4.45. The topological polar surface area (TPSA) is 55.1 Å². The van der Waals surface area contributed by atoms with Gasteiger partial charge in [-0.15, -0.1) is 0 Å². The number of aromatic nitrogens is 1. The lowest BCUT2D eigenvalue weighted by molar-refractivity contribution is 0.0926. The number of hydrogen-bond donors (Lipinski definition) is 1. The van der Waals surface area contributed by atoms with Gasteiger partial charge in [0.05, 0.1) is 6.20 Å². The summed E-state index contributed by atoms with van der Waals surface area (Å²) in [5, 5.41) is 3.90. The van der Waals surface area contributed by atoms with Crippen molar-refractivity contribution in [2.45, 2.75) is 6.42 Å². The predicted molar refractivity (Wildman–Crippen MR) is 69.0 cm³/mol. The minimum absolute atomic E-state index is 0.192. The molecule has 4 nitrogen and oxygen atoms in total. The van der Waals surface area contributed by atoms with Crippen LogP contribution in [0.25, 0.3) is 0 Å². The Kier molecular flexibility index (Phi) is 4.23. The highest BCUT2D eigenvalue weighted by Gasteiger charge is 2.08. The van der Waals surface area contributed by atoms with Gasteiger partial charge in [0.2, 0.25) is 5.76 Å². The van der Waals surface area contributed by atoms with Crippen molar-refractivity contribution in [1.82, 2.24) is 10.3 Å². The number of nitrogens with one attached hydrogen (secondary N) is 1. The molecule has 1 amide bonds. The van der Waals surface area contributed by atoms with Gasteiger partial charge in [-0.3, -0.25) is 4.79 Å².